The quantitative estimate of drug-likeness (QED) is 0.842. The first-order valence-electron chi connectivity index (χ1n) is 6.24. The molecule has 1 rings (SSSR count). The fourth-order valence-corrected chi connectivity index (χ4v) is 1.58. The van der Waals surface area contributed by atoms with Crippen molar-refractivity contribution in [2.24, 2.45) is 0 Å². The van der Waals surface area contributed by atoms with Crippen LogP contribution in [0.3, 0.4) is 0 Å². The van der Waals surface area contributed by atoms with Gasteiger partial charge in [0.1, 0.15) is 5.75 Å². The Labute approximate surface area is 113 Å². The Morgan fingerprint density at radius 3 is 2.74 bits per heavy atom. The van der Waals surface area contributed by atoms with E-state index in [1.165, 1.54) is 4.90 Å². The number of hydrogen-bond donors (Lipinski definition) is 1. The minimum atomic E-state index is -0.203. The van der Waals surface area contributed by atoms with Crippen molar-refractivity contribution in [1.82, 2.24) is 10.2 Å². The SMILES string of the molecule is CCCNC(=O)CN(C)C(=O)c1cccc(OC)c1. The molecule has 0 radical (unpaired) electrons. The van der Waals surface area contributed by atoms with Crippen molar-refractivity contribution in [3.8, 4) is 5.75 Å². The van der Waals surface area contributed by atoms with Gasteiger partial charge in [-0.1, -0.05) is 13.0 Å². The van der Waals surface area contributed by atoms with E-state index in [0.717, 1.165) is 6.42 Å². The van der Waals surface area contributed by atoms with Gasteiger partial charge in [-0.25, -0.2) is 0 Å². The average molecular weight is 264 g/mol. The number of nitrogens with zero attached hydrogens (tertiary/aromatic N) is 1. The van der Waals surface area contributed by atoms with E-state index in [2.05, 4.69) is 5.32 Å². The number of amides is 2. The molecule has 1 N–H and O–H groups in total. The Morgan fingerprint density at radius 2 is 2.11 bits per heavy atom. The summed E-state index contributed by atoms with van der Waals surface area (Å²) in [5.41, 5.74) is 0.505. The number of benzene rings is 1. The Morgan fingerprint density at radius 1 is 1.37 bits per heavy atom. The fourth-order valence-electron chi connectivity index (χ4n) is 1.58. The fraction of sp³-hybridized carbons (Fsp3) is 0.429. The largest absolute Gasteiger partial charge is 0.497 e. The zero-order valence-corrected chi connectivity index (χ0v) is 11.6. The molecule has 0 fully saturated rings. The van der Waals surface area contributed by atoms with Crippen LogP contribution in [0.15, 0.2) is 24.3 Å². The highest BCUT2D eigenvalue weighted by atomic mass is 16.5. The number of nitrogens with one attached hydrogen (secondary N) is 1. The van der Waals surface area contributed by atoms with Crippen molar-refractivity contribution in [3.05, 3.63) is 29.8 Å². The molecule has 0 spiro atoms. The number of rotatable bonds is 6. The molecule has 0 bridgehead atoms. The second-order valence-electron chi connectivity index (χ2n) is 4.24. The highest BCUT2D eigenvalue weighted by Gasteiger charge is 2.15. The van der Waals surface area contributed by atoms with Gasteiger partial charge in [-0.3, -0.25) is 9.59 Å². The van der Waals surface area contributed by atoms with Crippen molar-refractivity contribution in [1.29, 1.82) is 0 Å². The first kappa shape index (κ1) is 15.0. The minimum Gasteiger partial charge on any atom is -0.497 e. The third kappa shape index (κ3) is 4.62. The maximum absolute atomic E-state index is 12.1. The smallest absolute Gasteiger partial charge is 0.254 e. The summed E-state index contributed by atoms with van der Waals surface area (Å²) < 4.78 is 5.07. The molecule has 0 aliphatic heterocycles. The summed E-state index contributed by atoms with van der Waals surface area (Å²) in [7, 11) is 3.15. The molecule has 0 aromatic heterocycles. The monoisotopic (exact) mass is 264 g/mol. The average Bonchev–Trinajstić information content (AvgIpc) is 2.44. The minimum absolute atomic E-state index is 0.0516. The lowest BCUT2D eigenvalue weighted by atomic mass is 10.2. The van der Waals surface area contributed by atoms with Crippen LogP contribution in [-0.4, -0.2) is 44.0 Å². The number of hydrogen-bond acceptors (Lipinski definition) is 3. The van der Waals surface area contributed by atoms with E-state index in [-0.39, 0.29) is 18.4 Å². The number of ether oxygens (including phenoxy) is 1. The lowest BCUT2D eigenvalue weighted by molar-refractivity contribution is -0.121. The van der Waals surface area contributed by atoms with Gasteiger partial charge >= 0.3 is 0 Å². The molecule has 19 heavy (non-hydrogen) atoms. The van der Waals surface area contributed by atoms with Gasteiger partial charge < -0.3 is 15.0 Å². The van der Waals surface area contributed by atoms with E-state index in [1.54, 1.807) is 38.4 Å². The Kier molecular flexibility index (Phi) is 5.85. The lowest BCUT2D eigenvalue weighted by Gasteiger charge is -2.17. The second-order valence-corrected chi connectivity index (χ2v) is 4.24. The van der Waals surface area contributed by atoms with Gasteiger partial charge in [0.25, 0.3) is 5.91 Å². The standard InChI is InChI=1S/C14H20N2O3/c1-4-8-15-13(17)10-16(2)14(18)11-6-5-7-12(9-11)19-3/h5-7,9H,4,8,10H2,1-3H3,(H,15,17). The van der Waals surface area contributed by atoms with Crippen LogP contribution in [0, 0.1) is 0 Å². The summed E-state index contributed by atoms with van der Waals surface area (Å²) in [6.45, 7) is 2.65. The number of carbonyl (C=O) groups excluding carboxylic acids is 2. The van der Waals surface area contributed by atoms with E-state index in [4.69, 9.17) is 4.74 Å². The molecule has 0 atom stereocenters. The van der Waals surface area contributed by atoms with Crippen LogP contribution < -0.4 is 10.1 Å². The third-order valence-corrected chi connectivity index (χ3v) is 2.62. The highest BCUT2D eigenvalue weighted by molar-refractivity contribution is 5.96. The van der Waals surface area contributed by atoms with Gasteiger partial charge in [-0.15, -0.1) is 0 Å². The topological polar surface area (TPSA) is 58.6 Å². The molecule has 0 aliphatic rings. The first-order valence-corrected chi connectivity index (χ1v) is 6.24. The van der Waals surface area contributed by atoms with Crippen molar-refractivity contribution < 1.29 is 14.3 Å². The van der Waals surface area contributed by atoms with Crippen molar-refractivity contribution in [2.75, 3.05) is 27.2 Å². The predicted molar refractivity (Wildman–Crippen MR) is 73.3 cm³/mol. The van der Waals surface area contributed by atoms with Crippen molar-refractivity contribution in [2.45, 2.75) is 13.3 Å². The zero-order chi connectivity index (χ0) is 14.3. The predicted octanol–water partition coefficient (Wildman–Crippen LogP) is 1.29. The van der Waals surface area contributed by atoms with Crippen LogP contribution in [0.5, 0.6) is 5.75 Å². The molecular formula is C14H20N2O3. The van der Waals surface area contributed by atoms with Crippen molar-refractivity contribution in [3.63, 3.8) is 0 Å². The van der Waals surface area contributed by atoms with E-state index in [0.29, 0.717) is 17.9 Å². The molecule has 104 valence electrons. The van der Waals surface area contributed by atoms with Gasteiger partial charge in [-0.05, 0) is 24.6 Å². The molecule has 0 aliphatic carbocycles. The molecule has 0 saturated heterocycles. The normalized spacial score (nSPS) is 9.84. The summed E-state index contributed by atoms with van der Waals surface area (Å²) >= 11 is 0. The maximum atomic E-state index is 12.1. The van der Waals surface area contributed by atoms with Gasteiger partial charge in [0, 0.05) is 19.2 Å². The molecule has 0 heterocycles. The number of methoxy groups -OCH3 is 1. The van der Waals surface area contributed by atoms with Crippen LogP contribution in [0.1, 0.15) is 23.7 Å². The summed E-state index contributed by atoms with van der Waals surface area (Å²) in [5.74, 6) is 0.265. The molecule has 5 heteroatoms. The van der Waals surface area contributed by atoms with E-state index in [1.807, 2.05) is 6.92 Å². The van der Waals surface area contributed by atoms with E-state index in [9.17, 15) is 9.59 Å². The summed E-state index contributed by atoms with van der Waals surface area (Å²) in [6.07, 6.45) is 0.874. The molecule has 5 nitrogen and oxygen atoms in total. The number of likely N-dealkylation sites (N-methyl/N-ethyl adjacent to an activating group) is 1. The third-order valence-electron chi connectivity index (χ3n) is 2.62. The lowest BCUT2D eigenvalue weighted by Crippen LogP contribution is -2.38. The van der Waals surface area contributed by atoms with Gasteiger partial charge in [0.2, 0.25) is 5.91 Å². The van der Waals surface area contributed by atoms with Crippen LogP contribution >= 0.6 is 0 Å². The van der Waals surface area contributed by atoms with Crippen molar-refractivity contribution >= 4 is 11.8 Å². The van der Waals surface area contributed by atoms with Crippen LogP contribution in [-0.2, 0) is 4.79 Å². The molecular weight excluding hydrogens is 244 g/mol. The molecule has 1 aromatic rings. The molecule has 0 unspecified atom stereocenters. The van der Waals surface area contributed by atoms with Crippen LogP contribution in [0.2, 0.25) is 0 Å². The van der Waals surface area contributed by atoms with E-state index < -0.39 is 0 Å². The van der Waals surface area contributed by atoms with Gasteiger partial charge in [0.05, 0.1) is 13.7 Å². The van der Waals surface area contributed by atoms with E-state index >= 15 is 0 Å². The number of carbonyl (C=O) groups is 2. The van der Waals surface area contributed by atoms with Crippen LogP contribution in [0.4, 0.5) is 0 Å². The van der Waals surface area contributed by atoms with Gasteiger partial charge in [-0.2, -0.15) is 0 Å². The molecule has 1 aromatic carbocycles. The maximum Gasteiger partial charge on any atom is 0.254 e. The zero-order valence-electron chi connectivity index (χ0n) is 11.6. The summed E-state index contributed by atoms with van der Waals surface area (Å²) in [6, 6.07) is 6.87. The first-order chi connectivity index (χ1) is 9.08. The molecule has 0 saturated carbocycles. The summed E-state index contributed by atoms with van der Waals surface area (Å²) in [5, 5.41) is 2.73. The Bertz CT molecular complexity index is 446. The Balaban J connectivity index is 2.63. The summed E-state index contributed by atoms with van der Waals surface area (Å²) in [4.78, 5) is 25.0. The second kappa shape index (κ2) is 7.41. The van der Waals surface area contributed by atoms with Gasteiger partial charge in [0.15, 0.2) is 0 Å². The van der Waals surface area contributed by atoms with Crippen LogP contribution in [0.25, 0.3) is 0 Å². The highest BCUT2D eigenvalue weighted by Crippen LogP contribution is 2.13. The molecule has 2 amide bonds. The Hall–Kier alpha value is -2.04.